The van der Waals surface area contributed by atoms with Gasteiger partial charge >= 0.3 is 0 Å². The van der Waals surface area contributed by atoms with Gasteiger partial charge in [-0.05, 0) is 56.3 Å². The van der Waals surface area contributed by atoms with Gasteiger partial charge in [-0.2, -0.15) is 14.8 Å². The summed E-state index contributed by atoms with van der Waals surface area (Å²) >= 11 is 0. The molecule has 0 amide bonds. The van der Waals surface area contributed by atoms with Crippen molar-refractivity contribution in [2.75, 3.05) is 10.2 Å². The molecule has 7 heteroatoms. The van der Waals surface area contributed by atoms with Crippen LogP contribution >= 0.6 is 0 Å². The molecule has 32 heavy (non-hydrogen) atoms. The SMILES string of the molecule is CC1(C)C=C(N(c2ccc3ncccc3c2)c2cnc3ccccc3c2)n2ncnc2N1. The lowest BCUT2D eigenvalue weighted by atomic mass is 10.0. The Bertz CT molecular complexity index is 1420. The van der Waals surface area contributed by atoms with Crippen LogP contribution in [-0.2, 0) is 0 Å². The van der Waals surface area contributed by atoms with Crippen LogP contribution in [0, 0.1) is 0 Å². The van der Waals surface area contributed by atoms with Gasteiger partial charge in [0.05, 0.1) is 28.5 Å². The summed E-state index contributed by atoms with van der Waals surface area (Å²) in [6.45, 7) is 4.23. The van der Waals surface area contributed by atoms with Crippen LogP contribution in [0.5, 0.6) is 0 Å². The molecule has 5 aromatic rings. The maximum absolute atomic E-state index is 4.72. The lowest BCUT2D eigenvalue weighted by Gasteiger charge is -2.35. The molecular formula is C25H21N7. The molecule has 0 saturated carbocycles. The van der Waals surface area contributed by atoms with Crippen LogP contribution in [-0.4, -0.2) is 30.3 Å². The number of aromatic nitrogens is 5. The minimum Gasteiger partial charge on any atom is -0.346 e. The van der Waals surface area contributed by atoms with E-state index in [2.05, 4.69) is 75.5 Å². The van der Waals surface area contributed by atoms with Crippen LogP contribution < -0.4 is 10.2 Å². The highest BCUT2D eigenvalue weighted by molar-refractivity contribution is 5.91. The number of nitrogens with one attached hydrogen (secondary N) is 1. The standard InChI is InChI=1S/C25H21N7/c1-25(2)14-23(32-24(30-25)28-16-29-32)31(19-9-10-22-18(12-19)7-5-11-26-22)20-13-17-6-3-4-8-21(17)27-15-20/h3-16H,1-2H3,(H,28,29,30). The predicted octanol–water partition coefficient (Wildman–Crippen LogP) is 5.22. The van der Waals surface area contributed by atoms with Gasteiger partial charge in [0, 0.05) is 22.7 Å². The summed E-state index contributed by atoms with van der Waals surface area (Å²) in [4.78, 5) is 15.8. The highest BCUT2D eigenvalue weighted by Gasteiger charge is 2.30. The van der Waals surface area contributed by atoms with E-state index >= 15 is 0 Å². The van der Waals surface area contributed by atoms with E-state index in [0.29, 0.717) is 5.95 Å². The summed E-state index contributed by atoms with van der Waals surface area (Å²) < 4.78 is 1.83. The minimum absolute atomic E-state index is 0.306. The second kappa shape index (κ2) is 6.88. The zero-order valence-corrected chi connectivity index (χ0v) is 17.8. The lowest BCUT2D eigenvalue weighted by Crippen LogP contribution is -2.37. The van der Waals surface area contributed by atoms with Gasteiger partial charge in [0.2, 0.25) is 5.95 Å². The van der Waals surface area contributed by atoms with Crippen molar-refractivity contribution < 1.29 is 0 Å². The Morgan fingerprint density at radius 1 is 0.844 bits per heavy atom. The average Bonchev–Trinajstić information content (AvgIpc) is 3.26. The molecule has 0 bridgehead atoms. The Kier molecular flexibility index (Phi) is 3.98. The molecule has 156 valence electrons. The van der Waals surface area contributed by atoms with Crippen molar-refractivity contribution in [1.82, 2.24) is 24.7 Å². The van der Waals surface area contributed by atoms with E-state index in [1.807, 2.05) is 47.4 Å². The highest BCUT2D eigenvalue weighted by atomic mass is 15.5. The fourth-order valence-electron chi connectivity index (χ4n) is 4.16. The van der Waals surface area contributed by atoms with Crippen molar-refractivity contribution >= 4 is 44.9 Å². The van der Waals surface area contributed by atoms with Crippen LogP contribution in [0.4, 0.5) is 17.3 Å². The normalized spacial score (nSPS) is 14.6. The molecule has 1 N–H and O–H groups in total. The third-order valence-corrected chi connectivity index (χ3v) is 5.60. The topological polar surface area (TPSA) is 71.8 Å². The molecule has 0 unspecified atom stereocenters. The Morgan fingerprint density at radius 3 is 2.53 bits per heavy atom. The number of fused-ring (bicyclic) bond motifs is 3. The van der Waals surface area contributed by atoms with Crippen molar-refractivity contribution in [3.8, 4) is 0 Å². The van der Waals surface area contributed by atoms with Crippen molar-refractivity contribution in [3.63, 3.8) is 0 Å². The monoisotopic (exact) mass is 419 g/mol. The van der Waals surface area contributed by atoms with Gasteiger partial charge in [0.15, 0.2) is 0 Å². The van der Waals surface area contributed by atoms with E-state index < -0.39 is 0 Å². The van der Waals surface area contributed by atoms with Crippen LogP contribution in [0.15, 0.2) is 85.5 Å². The maximum atomic E-state index is 4.72. The zero-order chi connectivity index (χ0) is 21.7. The summed E-state index contributed by atoms with van der Waals surface area (Å²) in [5, 5.41) is 10.1. The summed E-state index contributed by atoms with van der Waals surface area (Å²) in [7, 11) is 0. The minimum atomic E-state index is -0.306. The van der Waals surface area contributed by atoms with E-state index in [1.54, 1.807) is 6.33 Å². The van der Waals surface area contributed by atoms with E-state index in [0.717, 1.165) is 39.0 Å². The fourth-order valence-corrected chi connectivity index (χ4v) is 4.16. The first kappa shape index (κ1) is 18.5. The smallest absolute Gasteiger partial charge is 0.228 e. The highest BCUT2D eigenvalue weighted by Crippen LogP contribution is 2.38. The van der Waals surface area contributed by atoms with E-state index in [9.17, 15) is 0 Å². The van der Waals surface area contributed by atoms with Gasteiger partial charge in [0.1, 0.15) is 12.1 Å². The molecule has 0 spiro atoms. The summed E-state index contributed by atoms with van der Waals surface area (Å²) in [6.07, 6.45) is 7.45. The Morgan fingerprint density at radius 2 is 1.62 bits per heavy atom. The number of hydrogen-bond donors (Lipinski definition) is 1. The third kappa shape index (κ3) is 3.06. The Labute approximate surface area is 185 Å². The summed E-state index contributed by atoms with van der Waals surface area (Å²) in [6, 6.07) is 20.6. The molecule has 1 aliphatic heterocycles. The Balaban J connectivity index is 1.61. The number of nitrogens with zero attached hydrogens (tertiary/aromatic N) is 6. The maximum Gasteiger partial charge on any atom is 0.228 e. The van der Waals surface area contributed by atoms with Gasteiger partial charge in [-0.25, -0.2) is 0 Å². The first-order valence-electron chi connectivity index (χ1n) is 10.5. The van der Waals surface area contributed by atoms with Gasteiger partial charge in [-0.1, -0.05) is 24.3 Å². The van der Waals surface area contributed by atoms with Crippen molar-refractivity contribution in [3.05, 3.63) is 85.5 Å². The lowest BCUT2D eigenvalue weighted by molar-refractivity contribution is 0.664. The second-order valence-corrected chi connectivity index (χ2v) is 8.45. The van der Waals surface area contributed by atoms with Gasteiger partial charge in [-0.3, -0.25) is 14.9 Å². The molecule has 1 aliphatic rings. The van der Waals surface area contributed by atoms with E-state index in [1.165, 1.54) is 0 Å². The number of anilines is 3. The quantitative estimate of drug-likeness (QED) is 0.433. The van der Waals surface area contributed by atoms with Crippen LogP contribution in [0.1, 0.15) is 13.8 Å². The number of hydrogen-bond acceptors (Lipinski definition) is 6. The molecule has 0 fully saturated rings. The summed E-state index contributed by atoms with van der Waals surface area (Å²) in [5.41, 5.74) is 3.54. The molecule has 0 radical (unpaired) electrons. The van der Waals surface area contributed by atoms with Crippen molar-refractivity contribution in [1.29, 1.82) is 0 Å². The van der Waals surface area contributed by atoms with Gasteiger partial charge in [0.25, 0.3) is 0 Å². The van der Waals surface area contributed by atoms with Crippen LogP contribution in [0.2, 0.25) is 0 Å². The van der Waals surface area contributed by atoms with Gasteiger partial charge in [-0.15, -0.1) is 0 Å². The summed E-state index contributed by atoms with van der Waals surface area (Å²) in [5.74, 6) is 1.59. The van der Waals surface area contributed by atoms with Crippen molar-refractivity contribution in [2.24, 2.45) is 0 Å². The molecular weight excluding hydrogens is 398 g/mol. The first-order valence-corrected chi connectivity index (χ1v) is 10.5. The Hall–Kier alpha value is -4.26. The molecule has 0 aliphatic carbocycles. The van der Waals surface area contributed by atoms with E-state index in [4.69, 9.17) is 4.98 Å². The molecule has 3 aromatic heterocycles. The average molecular weight is 419 g/mol. The molecule has 0 saturated heterocycles. The number of rotatable bonds is 3. The van der Waals surface area contributed by atoms with Crippen molar-refractivity contribution in [2.45, 2.75) is 19.4 Å². The molecule has 0 atom stereocenters. The zero-order valence-electron chi connectivity index (χ0n) is 17.8. The fraction of sp³-hybridized carbons (Fsp3) is 0.120. The molecule has 4 heterocycles. The molecule has 2 aromatic carbocycles. The second-order valence-electron chi connectivity index (χ2n) is 8.45. The first-order chi connectivity index (χ1) is 15.6. The number of pyridine rings is 2. The van der Waals surface area contributed by atoms with Crippen LogP contribution in [0.25, 0.3) is 27.6 Å². The molecule has 7 nitrogen and oxygen atoms in total. The van der Waals surface area contributed by atoms with E-state index in [-0.39, 0.29) is 5.54 Å². The number of benzene rings is 2. The largest absolute Gasteiger partial charge is 0.346 e. The van der Waals surface area contributed by atoms with Crippen LogP contribution in [0.3, 0.4) is 0 Å². The van der Waals surface area contributed by atoms with Gasteiger partial charge < -0.3 is 5.32 Å². The third-order valence-electron chi connectivity index (χ3n) is 5.60. The number of para-hydroxylation sites is 1. The predicted molar refractivity (Wildman–Crippen MR) is 128 cm³/mol. The molecule has 6 rings (SSSR count).